The minimum Gasteiger partial charge on any atom is -0.320 e. The maximum Gasteiger partial charge on any atom is 0.0583 e. The van der Waals surface area contributed by atoms with Crippen LogP contribution in [-0.2, 0) is 6.54 Å². The Morgan fingerprint density at radius 2 is 2.22 bits per heavy atom. The number of aryl methyl sites for hydroxylation is 1. The summed E-state index contributed by atoms with van der Waals surface area (Å²) in [6.07, 6.45) is 4.89. The van der Waals surface area contributed by atoms with E-state index in [1.54, 1.807) is 0 Å². The van der Waals surface area contributed by atoms with Crippen LogP contribution < -0.4 is 5.73 Å². The molecule has 1 atom stereocenters. The molecule has 0 spiro atoms. The first kappa shape index (κ1) is 13.8. The molecule has 1 aromatic heterocycles. The van der Waals surface area contributed by atoms with Gasteiger partial charge in [0, 0.05) is 21.9 Å². The molecule has 0 saturated heterocycles. The zero-order valence-electron chi connectivity index (χ0n) is 10.1. The van der Waals surface area contributed by atoms with Gasteiger partial charge in [0.2, 0.25) is 0 Å². The van der Waals surface area contributed by atoms with E-state index in [1.807, 2.05) is 35.3 Å². The molecule has 5 heteroatoms. The van der Waals surface area contributed by atoms with Gasteiger partial charge in [0.25, 0.3) is 0 Å². The standard InChI is InChI=1S/C13H15ClIN3/c1-2-5-18-8-10(7-17-18)13(16)9-3-4-12(15)11(14)6-9/h3-4,6-8,13H,2,5,16H2,1H3. The number of rotatable bonds is 4. The SMILES string of the molecule is CCCn1cc(C(N)c2ccc(I)c(Cl)c2)cn1. The summed E-state index contributed by atoms with van der Waals surface area (Å²) in [4.78, 5) is 0. The van der Waals surface area contributed by atoms with Crippen molar-refractivity contribution in [2.24, 2.45) is 5.73 Å². The van der Waals surface area contributed by atoms with Gasteiger partial charge in [-0.05, 0) is 46.7 Å². The van der Waals surface area contributed by atoms with Gasteiger partial charge in [-0.3, -0.25) is 4.68 Å². The molecule has 2 rings (SSSR count). The molecular weight excluding hydrogens is 361 g/mol. The van der Waals surface area contributed by atoms with Gasteiger partial charge in [-0.15, -0.1) is 0 Å². The summed E-state index contributed by atoms with van der Waals surface area (Å²) in [6, 6.07) is 5.74. The number of nitrogens with zero attached hydrogens (tertiary/aromatic N) is 2. The van der Waals surface area contributed by atoms with E-state index in [-0.39, 0.29) is 6.04 Å². The molecule has 1 heterocycles. The summed E-state index contributed by atoms with van der Waals surface area (Å²) in [5, 5.41) is 5.03. The molecule has 18 heavy (non-hydrogen) atoms. The highest BCUT2D eigenvalue weighted by Crippen LogP contribution is 2.25. The Morgan fingerprint density at radius 3 is 2.89 bits per heavy atom. The molecule has 0 fully saturated rings. The van der Waals surface area contributed by atoms with Crippen molar-refractivity contribution in [3.05, 3.63) is 50.3 Å². The Balaban J connectivity index is 2.23. The van der Waals surface area contributed by atoms with Crippen LogP contribution in [0.5, 0.6) is 0 Å². The highest BCUT2D eigenvalue weighted by Gasteiger charge is 2.12. The first-order valence-electron chi connectivity index (χ1n) is 5.84. The molecule has 0 saturated carbocycles. The Labute approximate surface area is 125 Å². The van der Waals surface area contributed by atoms with E-state index in [4.69, 9.17) is 17.3 Å². The monoisotopic (exact) mass is 375 g/mol. The fraction of sp³-hybridized carbons (Fsp3) is 0.308. The molecule has 2 aromatic rings. The summed E-state index contributed by atoms with van der Waals surface area (Å²) in [6.45, 7) is 3.04. The number of hydrogen-bond donors (Lipinski definition) is 1. The quantitative estimate of drug-likeness (QED) is 0.830. The van der Waals surface area contributed by atoms with Gasteiger partial charge >= 0.3 is 0 Å². The molecule has 0 radical (unpaired) electrons. The van der Waals surface area contributed by atoms with Crippen LogP contribution in [0.15, 0.2) is 30.6 Å². The summed E-state index contributed by atoms with van der Waals surface area (Å²) in [5.41, 5.74) is 8.26. The fourth-order valence-electron chi connectivity index (χ4n) is 1.79. The number of benzene rings is 1. The van der Waals surface area contributed by atoms with Crippen molar-refractivity contribution >= 4 is 34.2 Å². The van der Waals surface area contributed by atoms with Gasteiger partial charge in [0.1, 0.15) is 0 Å². The third kappa shape index (κ3) is 3.05. The Bertz CT molecular complexity index is 539. The van der Waals surface area contributed by atoms with Crippen molar-refractivity contribution in [3.63, 3.8) is 0 Å². The van der Waals surface area contributed by atoms with E-state index in [0.29, 0.717) is 0 Å². The maximum absolute atomic E-state index is 6.23. The molecule has 2 N–H and O–H groups in total. The zero-order valence-corrected chi connectivity index (χ0v) is 13.0. The smallest absolute Gasteiger partial charge is 0.0583 e. The summed E-state index contributed by atoms with van der Waals surface area (Å²) in [7, 11) is 0. The van der Waals surface area contributed by atoms with Crippen molar-refractivity contribution in [2.45, 2.75) is 25.9 Å². The molecule has 96 valence electrons. The normalized spacial score (nSPS) is 12.7. The minimum absolute atomic E-state index is 0.176. The molecule has 1 aromatic carbocycles. The van der Waals surface area contributed by atoms with E-state index in [2.05, 4.69) is 34.6 Å². The molecule has 3 nitrogen and oxygen atoms in total. The van der Waals surface area contributed by atoms with Gasteiger partial charge in [0.05, 0.1) is 17.3 Å². The Kier molecular flexibility index (Phi) is 4.64. The van der Waals surface area contributed by atoms with Crippen molar-refractivity contribution < 1.29 is 0 Å². The second-order valence-electron chi connectivity index (χ2n) is 4.19. The summed E-state index contributed by atoms with van der Waals surface area (Å²) in [5.74, 6) is 0. The van der Waals surface area contributed by atoms with Crippen molar-refractivity contribution in [1.82, 2.24) is 9.78 Å². The largest absolute Gasteiger partial charge is 0.320 e. The van der Waals surface area contributed by atoms with Gasteiger partial charge in [-0.2, -0.15) is 5.10 Å². The van der Waals surface area contributed by atoms with Crippen LogP contribution >= 0.6 is 34.2 Å². The van der Waals surface area contributed by atoms with Crippen molar-refractivity contribution in [2.75, 3.05) is 0 Å². The molecule has 1 unspecified atom stereocenters. The van der Waals surface area contributed by atoms with Crippen LogP contribution in [0.25, 0.3) is 0 Å². The van der Waals surface area contributed by atoms with Gasteiger partial charge in [0.15, 0.2) is 0 Å². The lowest BCUT2D eigenvalue weighted by molar-refractivity contribution is 0.602. The Morgan fingerprint density at radius 1 is 1.44 bits per heavy atom. The van der Waals surface area contributed by atoms with E-state index >= 15 is 0 Å². The lowest BCUT2D eigenvalue weighted by Gasteiger charge is -2.10. The van der Waals surface area contributed by atoms with Crippen LogP contribution in [0.3, 0.4) is 0 Å². The second-order valence-corrected chi connectivity index (χ2v) is 5.76. The second kappa shape index (κ2) is 6.04. The predicted octanol–water partition coefficient (Wildman–Crippen LogP) is 3.60. The van der Waals surface area contributed by atoms with Crippen LogP contribution in [0, 0.1) is 3.57 Å². The van der Waals surface area contributed by atoms with Gasteiger partial charge in [-0.1, -0.05) is 24.6 Å². The lowest BCUT2D eigenvalue weighted by Crippen LogP contribution is -2.11. The number of halogens is 2. The lowest BCUT2D eigenvalue weighted by atomic mass is 10.0. The van der Waals surface area contributed by atoms with Crippen LogP contribution in [-0.4, -0.2) is 9.78 Å². The number of hydrogen-bond acceptors (Lipinski definition) is 2. The predicted molar refractivity (Wildman–Crippen MR) is 82.7 cm³/mol. The van der Waals surface area contributed by atoms with Crippen molar-refractivity contribution in [1.29, 1.82) is 0 Å². The average molecular weight is 376 g/mol. The third-order valence-corrected chi connectivity index (χ3v) is 4.34. The van der Waals surface area contributed by atoms with Crippen LogP contribution in [0.1, 0.15) is 30.5 Å². The van der Waals surface area contributed by atoms with Crippen molar-refractivity contribution in [3.8, 4) is 0 Å². The molecular formula is C13H15ClIN3. The van der Waals surface area contributed by atoms with Gasteiger partial charge < -0.3 is 5.73 Å². The summed E-state index contributed by atoms with van der Waals surface area (Å²) >= 11 is 8.32. The summed E-state index contributed by atoms with van der Waals surface area (Å²) < 4.78 is 2.95. The molecule has 0 aliphatic rings. The van der Waals surface area contributed by atoms with Crippen LogP contribution in [0.2, 0.25) is 5.02 Å². The zero-order chi connectivity index (χ0) is 13.1. The van der Waals surface area contributed by atoms with Crippen LogP contribution in [0.4, 0.5) is 0 Å². The molecule has 0 amide bonds. The van der Waals surface area contributed by atoms with Gasteiger partial charge in [-0.25, -0.2) is 0 Å². The fourth-order valence-corrected chi connectivity index (χ4v) is 2.31. The highest BCUT2D eigenvalue weighted by molar-refractivity contribution is 14.1. The molecule has 0 aliphatic carbocycles. The number of aromatic nitrogens is 2. The van der Waals surface area contributed by atoms with E-state index in [1.165, 1.54) is 0 Å². The molecule has 0 bridgehead atoms. The van der Waals surface area contributed by atoms with E-state index in [0.717, 1.165) is 32.7 Å². The topological polar surface area (TPSA) is 43.8 Å². The minimum atomic E-state index is -0.176. The van der Waals surface area contributed by atoms with E-state index in [9.17, 15) is 0 Å². The average Bonchev–Trinajstić information content (AvgIpc) is 2.81. The first-order chi connectivity index (χ1) is 8.61. The Hall–Kier alpha value is -0.590. The van der Waals surface area contributed by atoms with E-state index < -0.39 is 0 Å². The first-order valence-corrected chi connectivity index (χ1v) is 7.30. The molecule has 0 aliphatic heterocycles. The third-order valence-electron chi connectivity index (χ3n) is 2.77. The number of nitrogens with two attached hydrogens (primary N) is 1. The maximum atomic E-state index is 6.23. The highest BCUT2D eigenvalue weighted by atomic mass is 127.